The van der Waals surface area contributed by atoms with Crippen LogP contribution in [0, 0.1) is 6.92 Å². The molecule has 0 unspecified atom stereocenters. The minimum Gasteiger partial charge on any atom is -0.351 e. The zero-order chi connectivity index (χ0) is 18.8. The van der Waals surface area contributed by atoms with Crippen molar-refractivity contribution in [3.63, 3.8) is 0 Å². The summed E-state index contributed by atoms with van der Waals surface area (Å²) in [4.78, 5) is 26.9. The van der Waals surface area contributed by atoms with Gasteiger partial charge in [0, 0.05) is 24.3 Å². The third kappa shape index (κ3) is 3.46. The number of nitrogens with one attached hydrogen (secondary N) is 1. The molecule has 0 fully saturated rings. The molecule has 0 aliphatic carbocycles. The van der Waals surface area contributed by atoms with Gasteiger partial charge in [0.15, 0.2) is 5.69 Å². The molecule has 8 heteroatoms. The first kappa shape index (κ1) is 17.0. The summed E-state index contributed by atoms with van der Waals surface area (Å²) in [6, 6.07) is 11.0. The number of para-hydroxylation sites is 1. The molecule has 0 atom stereocenters. The highest BCUT2D eigenvalue weighted by atomic mass is 16.5. The fourth-order valence-corrected chi connectivity index (χ4v) is 3.10. The van der Waals surface area contributed by atoms with E-state index in [-0.39, 0.29) is 17.6 Å². The van der Waals surface area contributed by atoms with E-state index in [1.54, 1.807) is 22.6 Å². The van der Waals surface area contributed by atoms with Crippen molar-refractivity contribution in [2.24, 2.45) is 0 Å². The lowest BCUT2D eigenvalue weighted by Crippen LogP contribution is -2.30. The van der Waals surface area contributed by atoms with E-state index in [1.165, 1.54) is 6.20 Å². The lowest BCUT2D eigenvalue weighted by Gasteiger charge is -2.18. The lowest BCUT2D eigenvalue weighted by molar-refractivity contribution is 0.0702. The highest BCUT2D eigenvalue weighted by Crippen LogP contribution is 2.18. The lowest BCUT2D eigenvalue weighted by atomic mass is 10.2. The summed E-state index contributed by atoms with van der Waals surface area (Å²) in [5, 5.41) is 10.9. The van der Waals surface area contributed by atoms with Crippen LogP contribution in [0.3, 0.4) is 0 Å². The molecule has 138 valence electrons. The Balaban J connectivity index is 1.52. The second-order valence-electron chi connectivity index (χ2n) is 6.48. The Morgan fingerprint density at radius 3 is 2.74 bits per heavy atom. The molecular weight excluding hydrogens is 346 g/mol. The summed E-state index contributed by atoms with van der Waals surface area (Å²) in [7, 11) is 0. The molecule has 0 bridgehead atoms. The second kappa shape index (κ2) is 7.06. The van der Waals surface area contributed by atoms with Crippen molar-refractivity contribution in [1.29, 1.82) is 0 Å². The van der Waals surface area contributed by atoms with Crippen molar-refractivity contribution < 1.29 is 14.1 Å². The highest BCUT2D eigenvalue weighted by Gasteiger charge is 2.26. The van der Waals surface area contributed by atoms with Gasteiger partial charge in [-0.15, -0.1) is 0 Å². The van der Waals surface area contributed by atoms with Crippen LogP contribution < -0.4 is 5.32 Å². The van der Waals surface area contributed by atoms with Gasteiger partial charge in [-0.2, -0.15) is 5.10 Å². The van der Waals surface area contributed by atoms with Crippen molar-refractivity contribution >= 4 is 17.5 Å². The van der Waals surface area contributed by atoms with Gasteiger partial charge < -0.3 is 14.7 Å². The van der Waals surface area contributed by atoms with Gasteiger partial charge in [0.25, 0.3) is 11.8 Å². The Hall–Kier alpha value is -3.42. The summed E-state index contributed by atoms with van der Waals surface area (Å²) < 4.78 is 6.88. The van der Waals surface area contributed by atoms with Crippen LogP contribution in [0.4, 0.5) is 5.69 Å². The molecule has 2 amide bonds. The maximum absolute atomic E-state index is 12.7. The summed E-state index contributed by atoms with van der Waals surface area (Å²) >= 11 is 0. The summed E-state index contributed by atoms with van der Waals surface area (Å²) in [5.41, 5.74) is 2.57. The van der Waals surface area contributed by atoms with Crippen LogP contribution in [0.5, 0.6) is 0 Å². The molecule has 0 spiro atoms. The van der Waals surface area contributed by atoms with Gasteiger partial charge in [-0.1, -0.05) is 23.4 Å². The van der Waals surface area contributed by atoms with E-state index in [4.69, 9.17) is 4.52 Å². The molecule has 4 rings (SSSR count). The largest absolute Gasteiger partial charge is 0.351 e. The van der Waals surface area contributed by atoms with E-state index in [9.17, 15) is 9.59 Å². The molecule has 1 aromatic carbocycles. The SMILES string of the molecule is Cc1cnoc1C(=O)N1CCCn2nc(C(=O)Nc3ccccc3)cc2C1. The first-order chi connectivity index (χ1) is 13.1. The van der Waals surface area contributed by atoms with Crippen LogP contribution in [0.25, 0.3) is 0 Å². The number of anilines is 1. The van der Waals surface area contributed by atoms with Gasteiger partial charge >= 0.3 is 0 Å². The van der Waals surface area contributed by atoms with E-state index in [1.807, 2.05) is 30.3 Å². The number of aryl methyl sites for hydroxylation is 2. The predicted octanol–water partition coefficient (Wildman–Crippen LogP) is 2.48. The topological polar surface area (TPSA) is 93.3 Å². The molecule has 1 aliphatic rings. The monoisotopic (exact) mass is 365 g/mol. The summed E-state index contributed by atoms with van der Waals surface area (Å²) in [5.74, 6) is -0.217. The number of carbonyl (C=O) groups excluding carboxylic acids is 2. The minimum absolute atomic E-state index is 0.199. The fraction of sp³-hybridized carbons (Fsp3) is 0.263. The standard InChI is InChI=1S/C19H19N5O3/c1-13-11-20-27-17(13)19(26)23-8-5-9-24-15(12-23)10-16(22-24)18(25)21-14-6-3-2-4-7-14/h2-4,6-7,10-11H,5,8-9,12H2,1H3,(H,21,25). The summed E-state index contributed by atoms with van der Waals surface area (Å²) in [6.45, 7) is 3.39. The first-order valence-corrected chi connectivity index (χ1v) is 8.75. The van der Waals surface area contributed by atoms with Gasteiger partial charge in [-0.05, 0) is 31.5 Å². The number of hydrogen-bond acceptors (Lipinski definition) is 5. The molecule has 1 N–H and O–H groups in total. The molecule has 3 aromatic rings. The third-order valence-corrected chi connectivity index (χ3v) is 4.51. The van der Waals surface area contributed by atoms with Gasteiger partial charge in [-0.3, -0.25) is 14.3 Å². The van der Waals surface area contributed by atoms with Crippen LogP contribution in [-0.4, -0.2) is 38.2 Å². The van der Waals surface area contributed by atoms with Crippen molar-refractivity contribution in [3.05, 3.63) is 65.3 Å². The van der Waals surface area contributed by atoms with E-state index in [0.29, 0.717) is 36.6 Å². The molecular formula is C19H19N5O3. The predicted molar refractivity (Wildman–Crippen MR) is 97.2 cm³/mol. The molecule has 2 aromatic heterocycles. The van der Waals surface area contributed by atoms with Gasteiger partial charge in [0.1, 0.15) is 0 Å². The number of aromatic nitrogens is 3. The van der Waals surface area contributed by atoms with Crippen LogP contribution in [0.2, 0.25) is 0 Å². The highest BCUT2D eigenvalue weighted by molar-refractivity contribution is 6.02. The molecule has 27 heavy (non-hydrogen) atoms. The zero-order valence-electron chi connectivity index (χ0n) is 14.9. The number of fused-ring (bicyclic) bond motifs is 1. The van der Waals surface area contributed by atoms with Crippen LogP contribution in [0.15, 0.2) is 47.1 Å². The molecule has 3 heterocycles. The van der Waals surface area contributed by atoms with Crippen molar-refractivity contribution in [1.82, 2.24) is 19.8 Å². The Bertz CT molecular complexity index is 976. The van der Waals surface area contributed by atoms with Crippen molar-refractivity contribution in [2.75, 3.05) is 11.9 Å². The summed E-state index contributed by atoms with van der Waals surface area (Å²) in [6.07, 6.45) is 2.27. The Morgan fingerprint density at radius 1 is 1.19 bits per heavy atom. The minimum atomic E-state index is -0.272. The maximum Gasteiger partial charge on any atom is 0.293 e. The Morgan fingerprint density at radius 2 is 2.00 bits per heavy atom. The Labute approximate surface area is 155 Å². The average Bonchev–Trinajstić information content (AvgIpc) is 3.22. The van der Waals surface area contributed by atoms with Crippen LogP contribution in [0.1, 0.15) is 38.7 Å². The van der Waals surface area contributed by atoms with Gasteiger partial charge in [0.2, 0.25) is 5.76 Å². The van der Waals surface area contributed by atoms with E-state index in [0.717, 1.165) is 12.1 Å². The number of benzene rings is 1. The number of carbonyl (C=O) groups is 2. The second-order valence-corrected chi connectivity index (χ2v) is 6.48. The number of hydrogen-bond donors (Lipinski definition) is 1. The van der Waals surface area contributed by atoms with E-state index < -0.39 is 0 Å². The maximum atomic E-state index is 12.7. The smallest absolute Gasteiger partial charge is 0.293 e. The van der Waals surface area contributed by atoms with Crippen molar-refractivity contribution in [2.45, 2.75) is 26.4 Å². The Kier molecular flexibility index (Phi) is 4.45. The average molecular weight is 365 g/mol. The molecule has 0 saturated carbocycles. The zero-order valence-corrected chi connectivity index (χ0v) is 14.9. The van der Waals surface area contributed by atoms with Crippen LogP contribution in [-0.2, 0) is 13.1 Å². The molecule has 1 aliphatic heterocycles. The van der Waals surface area contributed by atoms with Gasteiger partial charge in [-0.25, -0.2) is 0 Å². The number of rotatable bonds is 3. The van der Waals surface area contributed by atoms with E-state index in [2.05, 4.69) is 15.6 Å². The van der Waals surface area contributed by atoms with Crippen molar-refractivity contribution in [3.8, 4) is 0 Å². The third-order valence-electron chi connectivity index (χ3n) is 4.51. The van der Waals surface area contributed by atoms with Crippen LogP contribution >= 0.6 is 0 Å². The molecule has 0 radical (unpaired) electrons. The normalized spacial score (nSPS) is 13.7. The molecule has 8 nitrogen and oxygen atoms in total. The number of nitrogens with zero attached hydrogens (tertiary/aromatic N) is 4. The number of amides is 2. The fourth-order valence-electron chi connectivity index (χ4n) is 3.10. The van der Waals surface area contributed by atoms with Gasteiger partial charge in [0.05, 0.1) is 18.4 Å². The quantitative estimate of drug-likeness (QED) is 0.770. The first-order valence-electron chi connectivity index (χ1n) is 8.75. The molecule has 0 saturated heterocycles. The van der Waals surface area contributed by atoms with E-state index >= 15 is 0 Å².